The SMILES string of the molecule is N=CCNCCC/C(F)=C\[C@H](N)C(=O)O. The van der Waals surface area contributed by atoms with Crippen LogP contribution in [0.25, 0.3) is 0 Å². The fourth-order valence-electron chi connectivity index (χ4n) is 0.906. The number of carboxylic acids is 1. The van der Waals surface area contributed by atoms with Crippen LogP contribution in [0.4, 0.5) is 4.39 Å². The van der Waals surface area contributed by atoms with E-state index < -0.39 is 17.8 Å². The summed E-state index contributed by atoms with van der Waals surface area (Å²) < 4.78 is 13.0. The van der Waals surface area contributed by atoms with Gasteiger partial charge in [-0.3, -0.25) is 4.79 Å². The van der Waals surface area contributed by atoms with Crippen LogP contribution in [0.1, 0.15) is 12.8 Å². The fraction of sp³-hybridized carbons (Fsp3) is 0.556. The predicted molar refractivity (Wildman–Crippen MR) is 55.7 cm³/mol. The summed E-state index contributed by atoms with van der Waals surface area (Å²) in [6.07, 6.45) is 2.82. The molecule has 0 aromatic carbocycles. The standard InChI is InChI=1S/C9H16FN3O2/c10-7(6-8(12)9(14)15)2-1-4-13-5-3-11/h3,6,8,11,13H,1-2,4-5,12H2,(H,14,15)/b7-6+,11-3?/t8-/m0/s1. The maximum absolute atomic E-state index is 13.0. The van der Waals surface area contributed by atoms with Crippen LogP contribution in [0.15, 0.2) is 11.9 Å². The maximum atomic E-state index is 13.0. The monoisotopic (exact) mass is 217 g/mol. The molecular weight excluding hydrogens is 201 g/mol. The molecule has 0 unspecified atom stereocenters. The lowest BCUT2D eigenvalue weighted by Gasteiger charge is -2.02. The summed E-state index contributed by atoms with van der Waals surface area (Å²) in [5, 5.41) is 18.0. The van der Waals surface area contributed by atoms with E-state index >= 15 is 0 Å². The van der Waals surface area contributed by atoms with Crippen molar-refractivity contribution in [2.75, 3.05) is 13.1 Å². The number of nitrogens with one attached hydrogen (secondary N) is 2. The Bertz CT molecular complexity index is 244. The lowest BCUT2D eigenvalue weighted by molar-refractivity contribution is -0.137. The highest BCUT2D eigenvalue weighted by molar-refractivity contribution is 5.75. The molecule has 5 nitrogen and oxygen atoms in total. The molecule has 0 saturated carbocycles. The first-order chi connectivity index (χ1) is 7.07. The van der Waals surface area contributed by atoms with E-state index in [2.05, 4.69) is 5.32 Å². The second-order valence-electron chi connectivity index (χ2n) is 2.99. The number of carboxylic acid groups (broad SMARTS) is 1. The van der Waals surface area contributed by atoms with Crippen molar-refractivity contribution in [3.05, 3.63) is 11.9 Å². The molecule has 0 rings (SSSR count). The van der Waals surface area contributed by atoms with Crippen LogP contribution < -0.4 is 11.1 Å². The van der Waals surface area contributed by atoms with E-state index in [4.69, 9.17) is 16.2 Å². The first-order valence-corrected chi connectivity index (χ1v) is 4.62. The molecule has 0 aromatic rings. The zero-order chi connectivity index (χ0) is 11.7. The number of aliphatic carboxylic acids is 1. The minimum Gasteiger partial charge on any atom is -0.480 e. The number of rotatable bonds is 8. The molecular formula is C9H16FN3O2. The van der Waals surface area contributed by atoms with Gasteiger partial charge < -0.3 is 21.6 Å². The quantitative estimate of drug-likeness (QED) is 0.346. The fourth-order valence-corrected chi connectivity index (χ4v) is 0.906. The van der Waals surface area contributed by atoms with Crippen molar-refractivity contribution < 1.29 is 14.3 Å². The summed E-state index contributed by atoms with van der Waals surface area (Å²) in [5.74, 6) is -1.76. The van der Waals surface area contributed by atoms with Crippen LogP contribution in [-0.4, -0.2) is 36.4 Å². The van der Waals surface area contributed by atoms with Gasteiger partial charge in [0.2, 0.25) is 0 Å². The molecule has 1 atom stereocenters. The van der Waals surface area contributed by atoms with E-state index in [1.54, 1.807) is 0 Å². The van der Waals surface area contributed by atoms with Gasteiger partial charge in [-0.1, -0.05) is 0 Å². The minimum absolute atomic E-state index is 0.159. The molecule has 0 saturated heterocycles. The molecule has 0 radical (unpaired) electrons. The number of halogens is 1. The largest absolute Gasteiger partial charge is 0.480 e. The Balaban J connectivity index is 3.68. The number of nitrogens with two attached hydrogens (primary N) is 1. The summed E-state index contributed by atoms with van der Waals surface area (Å²) >= 11 is 0. The normalized spacial score (nSPS) is 13.6. The van der Waals surface area contributed by atoms with E-state index in [0.29, 0.717) is 19.5 Å². The number of carbonyl (C=O) groups is 1. The van der Waals surface area contributed by atoms with Crippen molar-refractivity contribution >= 4 is 12.2 Å². The smallest absolute Gasteiger partial charge is 0.324 e. The Morgan fingerprint density at radius 2 is 2.33 bits per heavy atom. The van der Waals surface area contributed by atoms with E-state index in [1.165, 1.54) is 6.21 Å². The highest BCUT2D eigenvalue weighted by atomic mass is 19.1. The van der Waals surface area contributed by atoms with Gasteiger partial charge in [0.1, 0.15) is 6.04 Å². The van der Waals surface area contributed by atoms with Crippen molar-refractivity contribution in [3.63, 3.8) is 0 Å². The molecule has 0 fully saturated rings. The Morgan fingerprint density at radius 1 is 1.67 bits per heavy atom. The lowest BCUT2D eigenvalue weighted by Crippen LogP contribution is -2.27. The van der Waals surface area contributed by atoms with Crippen LogP contribution in [0.5, 0.6) is 0 Å². The molecule has 6 heteroatoms. The molecule has 0 amide bonds. The first kappa shape index (κ1) is 13.7. The van der Waals surface area contributed by atoms with Gasteiger partial charge in [0.05, 0.1) is 5.83 Å². The topological polar surface area (TPSA) is 99.2 Å². The molecule has 86 valence electrons. The maximum Gasteiger partial charge on any atom is 0.324 e. The van der Waals surface area contributed by atoms with Crippen LogP contribution in [-0.2, 0) is 4.79 Å². The van der Waals surface area contributed by atoms with Gasteiger partial charge in [0, 0.05) is 19.2 Å². The molecule has 15 heavy (non-hydrogen) atoms. The third-order valence-electron chi connectivity index (χ3n) is 1.66. The van der Waals surface area contributed by atoms with Crippen LogP contribution in [0, 0.1) is 5.41 Å². The van der Waals surface area contributed by atoms with Crippen molar-refractivity contribution in [1.82, 2.24) is 5.32 Å². The third kappa shape index (κ3) is 7.77. The number of allylic oxidation sites excluding steroid dienone is 1. The van der Waals surface area contributed by atoms with Gasteiger partial charge in [-0.05, 0) is 19.0 Å². The summed E-state index contributed by atoms with van der Waals surface area (Å²) in [4.78, 5) is 10.3. The molecule has 0 aromatic heterocycles. The first-order valence-electron chi connectivity index (χ1n) is 4.62. The second kappa shape index (κ2) is 8.07. The predicted octanol–water partition coefficient (Wildman–Crippen LogP) is 0.271. The highest BCUT2D eigenvalue weighted by Crippen LogP contribution is 2.06. The lowest BCUT2D eigenvalue weighted by atomic mass is 10.2. The van der Waals surface area contributed by atoms with E-state index in [-0.39, 0.29) is 6.42 Å². The molecule has 0 bridgehead atoms. The van der Waals surface area contributed by atoms with Crippen LogP contribution >= 0.6 is 0 Å². The van der Waals surface area contributed by atoms with Crippen molar-refractivity contribution in [2.45, 2.75) is 18.9 Å². The molecule has 0 aliphatic carbocycles. The van der Waals surface area contributed by atoms with Gasteiger partial charge in [-0.25, -0.2) is 4.39 Å². The van der Waals surface area contributed by atoms with Crippen molar-refractivity contribution in [1.29, 1.82) is 5.41 Å². The van der Waals surface area contributed by atoms with E-state index in [9.17, 15) is 9.18 Å². The highest BCUT2D eigenvalue weighted by Gasteiger charge is 2.09. The Morgan fingerprint density at radius 3 is 2.87 bits per heavy atom. The summed E-state index contributed by atoms with van der Waals surface area (Å²) in [6, 6.07) is -1.28. The Hall–Kier alpha value is -1.27. The molecule has 0 spiro atoms. The van der Waals surface area contributed by atoms with Crippen LogP contribution in [0.3, 0.4) is 0 Å². The van der Waals surface area contributed by atoms with Gasteiger partial charge in [-0.2, -0.15) is 0 Å². The van der Waals surface area contributed by atoms with Crippen molar-refractivity contribution in [2.24, 2.45) is 5.73 Å². The summed E-state index contributed by atoms with van der Waals surface area (Å²) in [7, 11) is 0. The van der Waals surface area contributed by atoms with E-state index in [0.717, 1.165) is 6.08 Å². The molecule has 0 aliphatic heterocycles. The zero-order valence-electron chi connectivity index (χ0n) is 8.37. The third-order valence-corrected chi connectivity index (χ3v) is 1.66. The van der Waals surface area contributed by atoms with Crippen molar-refractivity contribution in [3.8, 4) is 0 Å². The van der Waals surface area contributed by atoms with Gasteiger partial charge in [0.15, 0.2) is 0 Å². The molecule has 0 heterocycles. The van der Waals surface area contributed by atoms with Gasteiger partial charge in [-0.15, -0.1) is 0 Å². The van der Waals surface area contributed by atoms with E-state index in [1.807, 2.05) is 0 Å². The minimum atomic E-state index is -1.28. The van der Waals surface area contributed by atoms with Gasteiger partial charge in [0.25, 0.3) is 0 Å². The summed E-state index contributed by atoms with van der Waals surface area (Å²) in [6.45, 7) is 1.04. The average molecular weight is 217 g/mol. The number of hydrogen-bond acceptors (Lipinski definition) is 4. The zero-order valence-corrected chi connectivity index (χ0v) is 8.37. The van der Waals surface area contributed by atoms with Gasteiger partial charge >= 0.3 is 5.97 Å². The second-order valence-corrected chi connectivity index (χ2v) is 2.99. The van der Waals surface area contributed by atoms with Crippen LogP contribution in [0.2, 0.25) is 0 Å². The number of hydrogen-bond donors (Lipinski definition) is 4. The average Bonchev–Trinajstić information content (AvgIpc) is 2.17. The molecule has 5 N–H and O–H groups in total. The Labute approximate surface area is 87.7 Å². The summed E-state index contributed by atoms with van der Waals surface area (Å²) in [5.41, 5.74) is 5.11. The molecule has 0 aliphatic rings. The Kier molecular flexibility index (Phi) is 7.39.